The van der Waals surface area contributed by atoms with Crippen molar-refractivity contribution >= 4 is 38.8 Å². The summed E-state index contributed by atoms with van der Waals surface area (Å²) >= 11 is 3.15. The van der Waals surface area contributed by atoms with E-state index in [-0.39, 0.29) is 17.6 Å². The summed E-state index contributed by atoms with van der Waals surface area (Å²) in [5.41, 5.74) is 0.892. The summed E-state index contributed by atoms with van der Waals surface area (Å²) < 4.78 is 5.55. The topological polar surface area (TPSA) is 90.6 Å². The molecular formula is C22H27N5O3S2. The van der Waals surface area contributed by atoms with Crippen LogP contribution in [-0.4, -0.2) is 77.7 Å². The first kappa shape index (κ1) is 21.7. The maximum Gasteiger partial charge on any atom is 0.260 e. The minimum Gasteiger partial charge on any atom is -0.376 e. The summed E-state index contributed by atoms with van der Waals surface area (Å²) in [4.78, 5) is 39.0. The highest BCUT2D eigenvalue weighted by Crippen LogP contribution is 2.33. The van der Waals surface area contributed by atoms with E-state index >= 15 is 0 Å². The lowest BCUT2D eigenvalue weighted by atomic mass is 10.2. The van der Waals surface area contributed by atoms with E-state index in [1.165, 1.54) is 11.3 Å². The van der Waals surface area contributed by atoms with Gasteiger partial charge in [-0.15, -0.1) is 22.7 Å². The van der Waals surface area contributed by atoms with E-state index in [9.17, 15) is 9.59 Å². The number of hydrogen-bond donors (Lipinski definition) is 2. The molecule has 1 atom stereocenters. The molecule has 0 aromatic carbocycles. The number of aromatic nitrogens is 2. The van der Waals surface area contributed by atoms with Crippen LogP contribution < -0.4 is 10.9 Å². The quantitative estimate of drug-likeness (QED) is 0.546. The zero-order valence-electron chi connectivity index (χ0n) is 17.8. The fourth-order valence-corrected chi connectivity index (χ4v) is 6.07. The van der Waals surface area contributed by atoms with Crippen molar-refractivity contribution in [3.8, 4) is 10.4 Å². The molecule has 0 radical (unpaired) electrons. The number of fused-ring (bicyclic) bond motifs is 1. The van der Waals surface area contributed by atoms with Crippen LogP contribution in [0.3, 0.4) is 0 Å². The highest BCUT2D eigenvalue weighted by atomic mass is 32.1. The van der Waals surface area contributed by atoms with E-state index in [2.05, 4.69) is 20.1 Å². The highest BCUT2D eigenvalue weighted by molar-refractivity contribution is 7.18. The van der Waals surface area contributed by atoms with E-state index in [1.54, 1.807) is 11.3 Å². The summed E-state index contributed by atoms with van der Waals surface area (Å²) in [6, 6.07) is 4.02. The second kappa shape index (κ2) is 9.80. The van der Waals surface area contributed by atoms with Crippen LogP contribution in [0.2, 0.25) is 0 Å². The fourth-order valence-electron chi connectivity index (χ4n) is 4.29. The number of nitrogens with one attached hydrogen (secondary N) is 2. The first-order valence-electron chi connectivity index (χ1n) is 11.0. The van der Waals surface area contributed by atoms with Gasteiger partial charge in [-0.3, -0.25) is 19.4 Å². The zero-order valence-corrected chi connectivity index (χ0v) is 19.5. The first-order chi connectivity index (χ1) is 15.7. The van der Waals surface area contributed by atoms with Crippen LogP contribution in [0.15, 0.2) is 27.7 Å². The van der Waals surface area contributed by atoms with Gasteiger partial charge in [0.05, 0.1) is 24.6 Å². The van der Waals surface area contributed by atoms with Crippen molar-refractivity contribution in [2.75, 3.05) is 45.9 Å². The van der Waals surface area contributed by atoms with Crippen molar-refractivity contribution in [2.24, 2.45) is 0 Å². The molecule has 2 aliphatic rings. The predicted octanol–water partition coefficient (Wildman–Crippen LogP) is 2.13. The summed E-state index contributed by atoms with van der Waals surface area (Å²) in [5, 5.41) is 7.71. The molecule has 5 heterocycles. The van der Waals surface area contributed by atoms with Gasteiger partial charge in [0.15, 0.2) is 0 Å². The molecule has 2 N–H and O–H groups in total. The van der Waals surface area contributed by atoms with Crippen molar-refractivity contribution in [3.05, 3.63) is 39.1 Å². The van der Waals surface area contributed by atoms with Crippen LogP contribution in [0.5, 0.6) is 0 Å². The minimum absolute atomic E-state index is 0.0599. The number of ether oxygens (including phenoxy) is 1. The van der Waals surface area contributed by atoms with Gasteiger partial charge in [0.2, 0.25) is 5.91 Å². The summed E-state index contributed by atoms with van der Waals surface area (Å²) in [6.07, 6.45) is 2.28. The molecule has 0 spiro atoms. The fraction of sp³-hybridized carbons (Fsp3) is 0.500. The van der Waals surface area contributed by atoms with E-state index in [4.69, 9.17) is 9.72 Å². The van der Waals surface area contributed by atoms with Crippen LogP contribution in [0.25, 0.3) is 20.7 Å². The molecule has 32 heavy (non-hydrogen) atoms. The van der Waals surface area contributed by atoms with Crippen LogP contribution in [0.4, 0.5) is 0 Å². The van der Waals surface area contributed by atoms with Gasteiger partial charge in [-0.2, -0.15) is 0 Å². The molecule has 3 aromatic rings. The van der Waals surface area contributed by atoms with Gasteiger partial charge in [0.1, 0.15) is 10.7 Å². The molecule has 170 valence electrons. The van der Waals surface area contributed by atoms with E-state index in [0.717, 1.165) is 60.9 Å². The maximum atomic E-state index is 12.8. The van der Waals surface area contributed by atoms with E-state index < -0.39 is 0 Å². The third-order valence-electron chi connectivity index (χ3n) is 6.04. The van der Waals surface area contributed by atoms with Gasteiger partial charge in [-0.25, -0.2) is 4.98 Å². The van der Waals surface area contributed by atoms with Crippen LogP contribution >= 0.6 is 22.7 Å². The van der Waals surface area contributed by atoms with Crippen molar-refractivity contribution in [1.82, 2.24) is 25.1 Å². The molecule has 8 nitrogen and oxygen atoms in total. The Hall–Kier alpha value is -2.11. The first-order valence-corrected chi connectivity index (χ1v) is 12.8. The minimum atomic E-state index is -0.0730. The average Bonchev–Trinajstić information content (AvgIpc) is 3.55. The predicted molar refractivity (Wildman–Crippen MR) is 127 cm³/mol. The monoisotopic (exact) mass is 473 g/mol. The molecular weight excluding hydrogens is 446 g/mol. The molecule has 0 bridgehead atoms. The lowest BCUT2D eigenvalue weighted by molar-refractivity contribution is -0.123. The van der Waals surface area contributed by atoms with Crippen LogP contribution in [0, 0.1) is 0 Å². The highest BCUT2D eigenvalue weighted by Gasteiger charge is 2.22. The van der Waals surface area contributed by atoms with E-state index in [1.807, 2.05) is 22.9 Å². The molecule has 2 fully saturated rings. The normalized spacial score (nSPS) is 20.2. The smallest absolute Gasteiger partial charge is 0.260 e. The lowest BCUT2D eigenvalue weighted by Gasteiger charge is -2.33. The molecule has 0 saturated carbocycles. The largest absolute Gasteiger partial charge is 0.376 e. The van der Waals surface area contributed by atoms with Gasteiger partial charge in [0, 0.05) is 55.2 Å². The second-order valence-electron chi connectivity index (χ2n) is 8.31. The lowest BCUT2D eigenvalue weighted by Crippen LogP contribution is -2.49. The van der Waals surface area contributed by atoms with Crippen molar-refractivity contribution in [3.63, 3.8) is 0 Å². The Morgan fingerprint density at radius 3 is 2.84 bits per heavy atom. The molecule has 2 aliphatic heterocycles. The maximum absolute atomic E-state index is 12.8. The number of nitrogens with zero attached hydrogens (tertiary/aromatic N) is 3. The zero-order chi connectivity index (χ0) is 21.9. The molecule has 3 aromatic heterocycles. The summed E-state index contributed by atoms with van der Waals surface area (Å²) in [6.45, 7) is 5.76. The molecule has 5 rings (SSSR count). The van der Waals surface area contributed by atoms with E-state index in [0.29, 0.717) is 30.8 Å². The summed E-state index contributed by atoms with van der Waals surface area (Å²) in [5.74, 6) is 0.759. The van der Waals surface area contributed by atoms with Crippen LogP contribution in [0.1, 0.15) is 18.7 Å². The van der Waals surface area contributed by atoms with Gasteiger partial charge < -0.3 is 15.0 Å². The van der Waals surface area contributed by atoms with Crippen molar-refractivity contribution < 1.29 is 9.53 Å². The average molecular weight is 474 g/mol. The molecule has 1 amide bonds. The number of piperazine rings is 1. The Morgan fingerprint density at radius 2 is 2.09 bits per heavy atom. The number of carbonyl (C=O) groups excluding carboxylic acids is 1. The molecule has 1 unspecified atom stereocenters. The molecule has 10 heteroatoms. The number of rotatable bonds is 7. The number of carbonyl (C=O) groups is 1. The Balaban J connectivity index is 1.14. The van der Waals surface area contributed by atoms with Gasteiger partial charge >= 0.3 is 0 Å². The van der Waals surface area contributed by atoms with Gasteiger partial charge in [0.25, 0.3) is 5.56 Å². The summed E-state index contributed by atoms with van der Waals surface area (Å²) in [7, 11) is 0. The number of aromatic amines is 1. The number of amides is 1. The third kappa shape index (κ3) is 4.94. The Kier molecular flexibility index (Phi) is 6.65. The second-order valence-corrected chi connectivity index (χ2v) is 10.1. The molecule has 0 aliphatic carbocycles. The Morgan fingerprint density at radius 1 is 1.25 bits per heavy atom. The Bertz CT molecular complexity index is 1110. The molecule has 2 saturated heterocycles. The third-order valence-corrected chi connectivity index (χ3v) is 7.81. The number of thiophene rings is 2. The van der Waals surface area contributed by atoms with Crippen LogP contribution in [-0.2, 0) is 16.1 Å². The van der Waals surface area contributed by atoms with Crippen molar-refractivity contribution in [2.45, 2.75) is 25.5 Å². The van der Waals surface area contributed by atoms with Crippen molar-refractivity contribution in [1.29, 1.82) is 0 Å². The number of H-pyrrole nitrogens is 1. The van der Waals surface area contributed by atoms with Gasteiger partial charge in [-0.05, 0) is 24.3 Å². The van der Waals surface area contributed by atoms with Gasteiger partial charge in [-0.1, -0.05) is 6.07 Å². The SMILES string of the molecule is O=C(CN1CCN(Cc2nc3scc(-c4cccs4)c3c(=O)[nH]2)CC1)NCC1CCCO1. The Labute approximate surface area is 194 Å². The standard InChI is InChI=1S/C22H27N5O3S2/c28-19(23-11-15-3-1-9-30-15)13-27-7-5-26(6-8-27)12-18-24-21(29)20-16(14-32-22(20)25-18)17-4-2-10-31-17/h2,4,10,14-15H,1,3,5-9,11-13H2,(H,23,28)(H,24,25,29). The number of hydrogen-bond acceptors (Lipinski definition) is 8.